The quantitative estimate of drug-likeness (QED) is 0.731. The second-order valence-corrected chi connectivity index (χ2v) is 4.82. The van der Waals surface area contributed by atoms with Crippen molar-refractivity contribution in [3.8, 4) is 0 Å². The lowest BCUT2D eigenvalue weighted by Gasteiger charge is -1.96. The number of rotatable bonds is 2. The first-order valence-corrected chi connectivity index (χ1v) is 6.33. The molecule has 0 atom stereocenters. The topological polar surface area (TPSA) is 92.2 Å². The molecule has 0 aromatic carbocycles. The fourth-order valence-electron chi connectivity index (χ4n) is 1.63. The maximum Gasteiger partial charge on any atom is 0.274 e. The Morgan fingerprint density at radius 3 is 3.05 bits per heavy atom. The van der Waals surface area contributed by atoms with E-state index in [1.54, 1.807) is 19.1 Å². The summed E-state index contributed by atoms with van der Waals surface area (Å²) in [5.41, 5.74) is 0.305. The first-order valence-electron chi connectivity index (χ1n) is 5.45. The zero-order valence-corrected chi connectivity index (χ0v) is 10.7. The third-order valence-electron chi connectivity index (χ3n) is 2.44. The smallest absolute Gasteiger partial charge is 0.274 e. The number of H-pyrrole nitrogens is 1. The minimum Gasteiger partial charge on any atom is -0.290 e. The van der Waals surface area contributed by atoms with E-state index in [2.05, 4.69) is 20.4 Å². The fourth-order valence-corrected chi connectivity index (χ4v) is 2.24. The second-order valence-electron chi connectivity index (χ2n) is 3.87. The standard InChI is InChI=1S/C11H9N5O2S/c1-6-5-8(17)16-11(12-6)14-10(15-16)13-9(18)7-3-2-4-19-7/h2-5H,1H3,(H2,12,13,14,15,18). The number of hydrogen-bond donors (Lipinski definition) is 2. The summed E-state index contributed by atoms with van der Waals surface area (Å²) >= 11 is 1.32. The van der Waals surface area contributed by atoms with Crippen molar-refractivity contribution in [3.63, 3.8) is 0 Å². The molecule has 0 spiro atoms. The Morgan fingerprint density at radius 2 is 2.32 bits per heavy atom. The third kappa shape index (κ3) is 2.13. The number of carbonyl (C=O) groups is 1. The molecule has 8 heteroatoms. The van der Waals surface area contributed by atoms with E-state index in [1.807, 2.05) is 5.38 Å². The largest absolute Gasteiger partial charge is 0.290 e. The van der Waals surface area contributed by atoms with E-state index in [0.29, 0.717) is 10.6 Å². The average molecular weight is 275 g/mol. The Kier molecular flexibility index (Phi) is 2.64. The lowest BCUT2D eigenvalue weighted by molar-refractivity contribution is 0.102. The van der Waals surface area contributed by atoms with Gasteiger partial charge in [-0.1, -0.05) is 6.07 Å². The van der Waals surface area contributed by atoms with E-state index in [-0.39, 0.29) is 23.2 Å². The highest BCUT2D eigenvalue weighted by molar-refractivity contribution is 7.12. The maximum absolute atomic E-state index is 11.8. The van der Waals surface area contributed by atoms with Crippen LogP contribution in [0.1, 0.15) is 15.4 Å². The number of thiophene rings is 1. The molecule has 0 bridgehead atoms. The molecule has 3 rings (SSSR count). The van der Waals surface area contributed by atoms with Crippen LogP contribution in [0.5, 0.6) is 0 Å². The molecule has 0 radical (unpaired) electrons. The monoisotopic (exact) mass is 275 g/mol. The van der Waals surface area contributed by atoms with Crippen molar-refractivity contribution in [2.45, 2.75) is 6.92 Å². The van der Waals surface area contributed by atoms with Gasteiger partial charge in [0, 0.05) is 11.8 Å². The van der Waals surface area contributed by atoms with Crippen molar-refractivity contribution >= 4 is 29.0 Å². The first-order chi connectivity index (χ1) is 9.13. The van der Waals surface area contributed by atoms with E-state index >= 15 is 0 Å². The molecule has 0 aliphatic heterocycles. The zero-order chi connectivity index (χ0) is 13.4. The molecule has 0 saturated heterocycles. The normalized spacial score (nSPS) is 10.8. The summed E-state index contributed by atoms with van der Waals surface area (Å²) in [6.07, 6.45) is 0. The summed E-state index contributed by atoms with van der Waals surface area (Å²) in [6, 6.07) is 4.88. The zero-order valence-electron chi connectivity index (χ0n) is 9.88. The molecule has 3 heterocycles. The molecule has 3 aromatic rings. The lowest BCUT2D eigenvalue weighted by atomic mass is 10.4. The Balaban J connectivity index is 1.96. The van der Waals surface area contributed by atoms with E-state index in [0.717, 1.165) is 0 Å². The predicted molar refractivity (Wildman–Crippen MR) is 70.6 cm³/mol. The summed E-state index contributed by atoms with van der Waals surface area (Å²) in [5, 5.41) is 7.08. The fraction of sp³-hybridized carbons (Fsp3) is 0.0909. The Hall–Kier alpha value is -2.48. The van der Waals surface area contributed by atoms with Gasteiger partial charge in [-0.15, -0.1) is 11.3 Å². The summed E-state index contributed by atoms with van der Waals surface area (Å²) in [5.74, 6) is 0.138. The van der Waals surface area contributed by atoms with Crippen LogP contribution in [0, 0.1) is 6.92 Å². The van der Waals surface area contributed by atoms with Crippen molar-refractivity contribution in [1.29, 1.82) is 0 Å². The summed E-state index contributed by atoms with van der Waals surface area (Å²) in [7, 11) is 0. The van der Waals surface area contributed by atoms with Crippen molar-refractivity contribution in [2.75, 3.05) is 5.32 Å². The number of aryl methyl sites for hydroxylation is 1. The van der Waals surface area contributed by atoms with Gasteiger partial charge in [0.25, 0.3) is 17.2 Å². The van der Waals surface area contributed by atoms with Gasteiger partial charge >= 0.3 is 0 Å². The Labute approximate surface area is 110 Å². The number of hydrogen-bond acceptors (Lipinski definition) is 5. The van der Waals surface area contributed by atoms with Gasteiger partial charge in [0.1, 0.15) is 0 Å². The van der Waals surface area contributed by atoms with E-state index < -0.39 is 0 Å². The minimum absolute atomic E-state index is 0.189. The van der Waals surface area contributed by atoms with Gasteiger partial charge in [-0.25, -0.2) is 4.98 Å². The van der Waals surface area contributed by atoms with E-state index in [1.165, 1.54) is 21.9 Å². The number of aromatic nitrogens is 4. The van der Waals surface area contributed by atoms with E-state index in [9.17, 15) is 9.59 Å². The van der Waals surface area contributed by atoms with Gasteiger partial charge in [0.2, 0.25) is 5.95 Å². The summed E-state index contributed by atoms with van der Waals surface area (Å²) in [6.45, 7) is 1.71. The number of nitrogens with one attached hydrogen (secondary N) is 2. The van der Waals surface area contributed by atoms with E-state index in [4.69, 9.17) is 0 Å². The first kappa shape index (κ1) is 11.6. The van der Waals surface area contributed by atoms with Crippen LogP contribution in [0.4, 0.5) is 5.95 Å². The van der Waals surface area contributed by atoms with Crippen LogP contribution in [0.2, 0.25) is 0 Å². The van der Waals surface area contributed by atoms with Crippen molar-refractivity contribution in [2.24, 2.45) is 0 Å². The number of carbonyl (C=O) groups excluding carboxylic acids is 1. The predicted octanol–water partition coefficient (Wildman–Crippen LogP) is 1.04. The Morgan fingerprint density at radius 1 is 1.47 bits per heavy atom. The van der Waals surface area contributed by atoms with Crippen LogP contribution in [-0.4, -0.2) is 25.5 Å². The van der Waals surface area contributed by atoms with Gasteiger partial charge in [0.15, 0.2) is 0 Å². The van der Waals surface area contributed by atoms with Gasteiger partial charge < -0.3 is 0 Å². The molecule has 0 aliphatic rings. The van der Waals surface area contributed by atoms with Gasteiger partial charge in [-0.2, -0.15) is 9.50 Å². The van der Waals surface area contributed by atoms with Crippen LogP contribution in [0.3, 0.4) is 0 Å². The molecular formula is C11H9N5O2S. The van der Waals surface area contributed by atoms with Crippen LogP contribution in [-0.2, 0) is 0 Å². The number of amides is 1. The Bertz CT molecular complexity index is 802. The molecule has 0 saturated carbocycles. The van der Waals surface area contributed by atoms with Crippen LogP contribution in [0.15, 0.2) is 28.4 Å². The number of fused-ring (bicyclic) bond motifs is 1. The number of anilines is 1. The molecule has 96 valence electrons. The van der Waals surface area contributed by atoms with Crippen molar-refractivity contribution in [1.82, 2.24) is 19.6 Å². The molecule has 19 heavy (non-hydrogen) atoms. The van der Waals surface area contributed by atoms with Gasteiger partial charge in [-0.3, -0.25) is 20.0 Å². The summed E-state index contributed by atoms with van der Waals surface area (Å²) < 4.78 is 1.18. The van der Waals surface area contributed by atoms with Crippen molar-refractivity contribution in [3.05, 3.63) is 44.5 Å². The van der Waals surface area contributed by atoms with Gasteiger partial charge in [0.05, 0.1) is 4.88 Å². The average Bonchev–Trinajstić information content (AvgIpc) is 2.96. The van der Waals surface area contributed by atoms with Crippen LogP contribution in [0.25, 0.3) is 5.78 Å². The maximum atomic E-state index is 11.8. The van der Waals surface area contributed by atoms with Crippen molar-refractivity contribution < 1.29 is 4.79 Å². The second kappa shape index (κ2) is 4.32. The highest BCUT2D eigenvalue weighted by atomic mass is 32.1. The molecule has 2 N–H and O–H groups in total. The highest BCUT2D eigenvalue weighted by Crippen LogP contribution is 2.10. The summed E-state index contributed by atoms with van der Waals surface area (Å²) in [4.78, 5) is 32.2. The molecule has 0 aliphatic carbocycles. The molecule has 1 amide bonds. The SMILES string of the molecule is Cc1cc(=O)n2[nH]c(NC(=O)c3cccs3)nc2n1. The molecule has 7 nitrogen and oxygen atoms in total. The lowest BCUT2D eigenvalue weighted by Crippen LogP contribution is -2.15. The third-order valence-corrected chi connectivity index (χ3v) is 3.30. The molecular weight excluding hydrogens is 266 g/mol. The minimum atomic E-state index is -0.279. The number of aromatic amines is 1. The number of nitrogens with zero attached hydrogens (tertiary/aromatic N) is 3. The molecule has 3 aromatic heterocycles. The van der Waals surface area contributed by atoms with Crippen LogP contribution >= 0.6 is 11.3 Å². The molecule has 0 unspecified atom stereocenters. The highest BCUT2D eigenvalue weighted by Gasteiger charge is 2.11. The van der Waals surface area contributed by atoms with Crippen LogP contribution < -0.4 is 10.9 Å². The van der Waals surface area contributed by atoms with Gasteiger partial charge in [-0.05, 0) is 18.4 Å². The molecule has 0 fully saturated rings.